The summed E-state index contributed by atoms with van der Waals surface area (Å²) in [6, 6.07) is 0. The average Bonchev–Trinajstić information content (AvgIpc) is 4.19. The van der Waals surface area contributed by atoms with Crippen molar-refractivity contribution in [3.8, 4) is 0 Å². The number of thiazole rings is 2. The highest BCUT2D eigenvalue weighted by Gasteiger charge is 1.65. The van der Waals surface area contributed by atoms with Gasteiger partial charge in [0.25, 0.3) is 0 Å². The highest BCUT2D eigenvalue weighted by Crippen LogP contribution is 1.86. The summed E-state index contributed by atoms with van der Waals surface area (Å²) in [5.41, 5.74) is 8.62. The molecule has 0 aliphatic heterocycles. The van der Waals surface area contributed by atoms with Gasteiger partial charge in [0.15, 0.2) is 25.4 Å². The van der Waals surface area contributed by atoms with Crippen molar-refractivity contribution in [2.24, 2.45) is 0 Å². The van der Waals surface area contributed by atoms with Gasteiger partial charge >= 0.3 is 0 Å². The molecule has 0 fully saturated rings. The first-order valence-corrected chi connectivity index (χ1v) is 19.0. The van der Waals surface area contributed by atoms with Crippen LogP contribution in [0.25, 0.3) is 0 Å². The lowest BCUT2D eigenvalue weighted by molar-refractivity contribution is 0.416. The Labute approximate surface area is 354 Å². The largest absolute Gasteiger partial charge is 0.452 e. The van der Waals surface area contributed by atoms with Crippen molar-refractivity contribution >= 4 is 45.5 Å². The van der Waals surface area contributed by atoms with Gasteiger partial charge in [0.1, 0.15) is 48.0 Å². The van der Waals surface area contributed by atoms with Crippen LogP contribution in [0.1, 0.15) is 0 Å². The maximum Gasteiger partial charge on any atom is 0.213 e. The molecule has 12 aromatic rings. The maximum atomic E-state index is 4.47. The fourth-order valence-corrected chi connectivity index (χ4v) is 3.23. The summed E-state index contributed by atoms with van der Waals surface area (Å²) in [5.74, 6) is 0. The molecule has 12 aromatic heterocycles. The third-order valence-electron chi connectivity index (χ3n) is 3.95. The van der Waals surface area contributed by atoms with Crippen LogP contribution in [0, 0.1) is 0 Å². The Balaban J connectivity index is 0.000000327. The van der Waals surface area contributed by atoms with E-state index in [1.54, 1.807) is 112 Å². The minimum absolute atomic E-state index is 1.26. The topological polar surface area (TPSA) is 345 Å². The number of nitrogens with one attached hydrogen (secondary N) is 3. The molecule has 0 radical (unpaired) electrons. The van der Waals surface area contributed by atoms with E-state index in [1.165, 1.54) is 105 Å². The molecule has 0 amide bonds. The second-order valence-electron chi connectivity index (χ2n) is 7.77. The van der Waals surface area contributed by atoms with E-state index >= 15 is 0 Å². The van der Waals surface area contributed by atoms with Crippen molar-refractivity contribution in [1.29, 1.82) is 0 Å². The van der Waals surface area contributed by atoms with Crippen LogP contribution in [0.15, 0.2) is 205 Å². The zero-order valence-electron chi connectivity index (χ0n) is 30.5. The molecule has 60 heavy (non-hydrogen) atoms. The highest BCUT2D eigenvalue weighted by molar-refractivity contribution is 7.07. The van der Waals surface area contributed by atoms with Gasteiger partial charge in [-0.3, -0.25) is 15.1 Å². The predicted octanol–water partition coefficient (Wildman–Crippen LogP) is 5.54. The Morgan fingerprint density at radius 2 is 1.00 bits per heavy atom. The van der Waals surface area contributed by atoms with Crippen molar-refractivity contribution in [3.05, 3.63) is 183 Å². The SMILES string of the molecule is c1c[nH]cn1.c1c[nH]cn1.c1cocn1.c1cocn1.c1cscn1.c1cscn1.c1nc[nH]n1.c1ncon1.c1ncon1.c1ncsn1.c1nnco1.c1nncs1. The first-order valence-electron chi connectivity index (χ1n) is 15.4. The van der Waals surface area contributed by atoms with Gasteiger partial charge in [-0.2, -0.15) is 9.47 Å². The number of aromatic amines is 3. The molecule has 30 heteroatoms. The van der Waals surface area contributed by atoms with Crippen LogP contribution in [0.2, 0.25) is 0 Å². The highest BCUT2D eigenvalue weighted by atomic mass is 32.1. The van der Waals surface area contributed by atoms with E-state index in [0.29, 0.717) is 0 Å². The molecule has 0 aromatic carbocycles. The van der Waals surface area contributed by atoms with Gasteiger partial charge < -0.3 is 32.3 Å². The first kappa shape index (κ1) is 49.8. The average molecular weight is 896 g/mol. The number of rotatable bonds is 0. The minimum atomic E-state index is 1.26. The van der Waals surface area contributed by atoms with Crippen molar-refractivity contribution in [2.75, 3.05) is 0 Å². The Kier molecular flexibility index (Phi) is 39.0. The number of H-pyrrole nitrogens is 3. The first-order chi connectivity index (χ1) is 30.0. The lowest BCUT2D eigenvalue weighted by atomic mass is 11.0. The van der Waals surface area contributed by atoms with Crippen molar-refractivity contribution in [1.82, 2.24) is 105 Å². The summed E-state index contributed by atoms with van der Waals surface area (Å²) < 4.78 is 25.4. The summed E-state index contributed by atoms with van der Waals surface area (Å²) in [7, 11) is 0. The quantitative estimate of drug-likeness (QED) is 0.168. The lowest BCUT2D eigenvalue weighted by Gasteiger charge is -1.47. The van der Waals surface area contributed by atoms with Crippen molar-refractivity contribution in [3.63, 3.8) is 0 Å². The van der Waals surface area contributed by atoms with E-state index in [4.69, 9.17) is 0 Å². The van der Waals surface area contributed by atoms with Gasteiger partial charge in [-0.05, 0) is 11.5 Å². The van der Waals surface area contributed by atoms with Gasteiger partial charge in [0.05, 0.1) is 36.1 Å². The molecule has 3 N–H and O–H groups in total. The zero-order valence-corrected chi connectivity index (χ0v) is 33.8. The number of nitrogens with zero attached hydrogens (tertiary/aromatic N) is 18. The van der Waals surface area contributed by atoms with Crippen LogP contribution in [0.5, 0.6) is 0 Å². The summed E-state index contributed by atoms with van der Waals surface area (Å²) in [6.07, 6.45) is 34.8. The van der Waals surface area contributed by atoms with Crippen LogP contribution < -0.4 is 0 Å². The maximum absolute atomic E-state index is 4.47. The van der Waals surface area contributed by atoms with Crippen LogP contribution in [0.3, 0.4) is 0 Å². The molecule has 0 bridgehead atoms. The summed E-state index contributed by atoms with van der Waals surface area (Å²) >= 11 is 6.05. The van der Waals surface area contributed by atoms with Crippen molar-refractivity contribution in [2.45, 2.75) is 0 Å². The third-order valence-corrected chi connectivity index (χ3v) is 5.85. The summed E-state index contributed by atoms with van der Waals surface area (Å²) in [6.45, 7) is 0. The molecule has 0 atom stereocenters. The monoisotopic (exact) mass is 895 g/mol. The molecule has 0 unspecified atom stereocenters. The van der Waals surface area contributed by atoms with Gasteiger partial charge in [-0.15, -0.1) is 54.4 Å². The molecule has 26 nitrogen and oxygen atoms in total. The second kappa shape index (κ2) is 46.9. The number of aromatic nitrogens is 21. The minimum Gasteiger partial charge on any atom is -0.452 e. The Hall–Kier alpha value is -8.22. The van der Waals surface area contributed by atoms with E-state index in [0.717, 1.165) is 0 Å². The molecule has 0 saturated carbocycles. The summed E-state index contributed by atoms with van der Waals surface area (Å²) in [4.78, 5) is 41.5. The predicted molar refractivity (Wildman–Crippen MR) is 214 cm³/mol. The van der Waals surface area contributed by atoms with Gasteiger partial charge in [-0.25, -0.2) is 39.9 Å². The van der Waals surface area contributed by atoms with Crippen LogP contribution >= 0.6 is 45.5 Å². The van der Waals surface area contributed by atoms with Crippen LogP contribution in [-0.2, 0) is 0 Å². The lowest BCUT2D eigenvalue weighted by Crippen LogP contribution is -1.53. The van der Waals surface area contributed by atoms with Crippen LogP contribution in [0.4, 0.5) is 0 Å². The second-order valence-corrected chi connectivity index (χ2v) is 10.6. The van der Waals surface area contributed by atoms with E-state index in [2.05, 4.69) is 127 Å². The molecule has 0 spiro atoms. The summed E-state index contributed by atoms with van der Waals surface area (Å²) in [5, 5.41) is 29.9. The molecular formula is C30H33N21O5S4. The number of oxazole rings is 2. The Morgan fingerprint density at radius 3 is 1.13 bits per heavy atom. The normalized spacial score (nSPS) is 8.00. The number of hydrogen-bond acceptors (Lipinski definition) is 27. The van der Waals surface area contributed by atoms with E-state index in [-0.39, 0.29) is 0 Å². The fourth-order valence-electron chi connectivity index (χ4n) is 1.98. The molecular weight excluding hydrogens is 863 g/mol. The number of imidazole rings is 2. The zero-order chi connectivity index (χ0) is 42.4. The van der Waals surface area contributed by atoms with Crippen molar-refractivity contribution < 1.29 is 22.3 Å². The van der Waals surface area contributed by atoms with Crippen LogP contribution in [-0.4, -0.2) is 105 Å². The van der Waals surface area contributed by atoms with E-state index in [1.807, 2.05) is 10.8 Å². The Bertz CT molecular complexity index is 1340. The molecule has 0 aliphatic rings. The molecule has 12 heterocycles. The van der Waals surface area contributed by atoms with E-state index < -0.39 is 0 Å². The van der Waals surface area contributed by atoms with E-state index in [9.17, 15) is 0 Å². The third kappa shape index (κ3) is 44.2. The molecule has 0 aliphatic carbocycles. The smallest absolute Gasteiger partial charge is 0.213 e. The molecule has 0 saturated heterocycles. The fraction of sp³-hybridized carbons (Fsp3) is 0. The number of hydrogen-bond donors (Lipinski definition) is 3. The standard InChI is InChI=1S/2C3H4N2.2C3H3NO.2C3H3NS.C2H3N3.3C2H2N2O.2C2H2N2S/c6*1-2-5-3-4-1;1-3-2-5-4-1;1-3-4-2-5-1;2*1-3-2-5-4-1;1-3-4-2-5-1;1-3-2-5-4-1/h2*1-3H,(H,4,5);4*1-3H;1-2H,(H,3,4,5);5*1-2H. The van der Waals surface area contributed by atoms with Gasteiger partial charge in [0.2, 0.25) is 25.6 Å². The molecule has 312 valence electrons. The van der Waals surface area contributed by atoms with Gasteiger partial charge in [-0.1, -0.05) is 10.3 Å². The molecule has 12 rings (SSSR count). The Morgan fingerprint density at radius 1 is 0.400 bits per heavy atom. The van der Waals surface area contributed by atoms with Gasteiger partial charge in [0, 0.05) is 47.9 Å².